The van der Waals surface area contributed by atoms with Crippen LogP contribution in [-0.2, 0) is 24.0 Å². The highest BCUT2D eigenvalue weighted by Crippen LogP contribution is 2.54. The molecule has 150 valence electrons. The van der Waals surface area contributed by atoms with Crippen LogP contribution in [0.5, 0.6) is 0 Å². The highest BCUT2D eigenvalue weighted by Gasteiger charge is 2.57. The summed E-state index contributed by atoms with van der Waals surface area (Å²) in [6.07, 6.45) is 4.45. The number of hydrogen-bond donors (Lipinski definition) is 1. The van der Waals surface area contributed by atoms with Crippen LogP contribution < -0.4 is 5.32 Å². The van der Waals surface area contributed by atoms with Gasteiger partial charge in [0.25, 0.3) is 5.91 Å². The van der Waals surface area contributed by atoms with E-state index < -0.39 is 23.0 Å². The van der Waals surface area contributed by atoms with E-state index in [2.05, 4.69) is 5.32 Å². The molecule has 1 aromatic rings. The summed E-state index contributed by atoms with van der Waals surface area (Å²) < 4.78 is 5.49. The van der Waals surface area contributed by atoms with Crippen LogP contribution >= 0.6 is 11.8 Å². The topological polar surface area (TPSA) is 75.7 Å². The van der Waals surface area contributed by atoms with Crippen LogP contribution in [-0.4, -0.2) is 46.6 Å². The van der Waals surface area contributed by atoms with Crippen molar-refractivity contribution in [3.05, 3.63) is 35.9 Å². The van der Waals surface area contributed by atoms with Crippen molar-refractivity contribution in [1.29, 1.82) is 0 Å². The fourth-order valence-electron chi connectivity index (χ4n) is 4.51. The van der Waals surface area contributed by atoms with Gasteiger partial charge in [0.05, 0.1) is 0 Å². The largest absolute Gasteiger partial charge is 0.451 e. The molecule has 0 unspecified atom stereocenters. The molecule has 1 aliphatic carbocycles. The summed E-state index contributed by atoms with van der Waals surface area (Å²) in [7, 11) is 0. The first-order chi connectivity index (χ1) is 13.5. The van der Waals surface area contributed by atoms with Crippen molar-refractivity contribution in [3.8, 4) is 0 Å². The van der Waals surface area contributed by atoms with Gasteiger partial charge in [0, 0.05) is 18.2 Å². The minimum atomic E-state index is -0.859. The van der Waals surface area contributed by atoms with Gasteiger partial charge in [-0.15, -0.1) is 11.8 Å². The molecule has 0 bridgehead atoms. The molecular weight excluding hydrogens is 376 g/mol. The Bertz CT molecular complexity index is 765. The molecule has 3 fully saturated rings. The van der Waals surface area contributed by atoms with Gasteiger partial charge in [0.1, 0.15) is 10.9 Å². The highest BCUT2D eigenvalue weighted by atomic mass is 32.2. The molecular formula is C21H26N2O4S. The predicted molar refractivity (Wildman–Crippen MR) is 106 cm³/mol. The van der Waals surface area contributed by atoms with Crippen molar-refractivity contribution < 1.29 is 19.1 Å². The number of fused-ring (bicyclic) bond motifs is 1. The minimum Gasteiger partial charge on any atom is -0.451 e. The molecule has 2 heterocycles. The van der Waals surface area contributed by atoms with Gasteiger partial charge < -0.3 is 15.0 Å². The standard InChI is InChI=1S/C21H26N2O4S/c1-14(19(25)22-16-9-5-6-10-16)27-20(26)17-13-28-21(12-11-18(24)23(17)21)15-7-3-2-4-8-15/h2-4,7-8,14,16-17H,5-6,9-13H2,1H3,(H,22,25)/t14-,17-,21+/m0/s1. The number of amides is 2. The van der Waals surface area contributed by atoms with Crippen molar-refractivity contribution in [2.75, 3.05) is 5.75 Å². The monoisotopic (exact) mass is 402 g/mol. The molecule has 3 aliphatic rings. The molecule has 2 saturated heterocycles. The molecule has 4 rings (SSSR count). The van der Waals surface area contributed by atoms with E-state index in [-0.39, 0.29) is 17.9 Å². The van der Waals surface area contributed by atoms with Crippen LogP contribution in [0.25, 0.3) is 0 Å². The number of carbonyl (C=O) groups excluding carboxylic acids is 3. The number of benzene rings is 1. The zero-order valence-corrected chi connectivity index (χ0v) is 16.9. The Labute approximate surface area is 169 Å². The summed E-state index contributed by atoms with van der Waals surface area (Å²) in [6, 6.07) is 9.38. The fourth-order valence-corrected chi connectivity index (χ4v) is 6.15. The van der Waals surface area contributed by atoms with Gasteiger partial charge in [-0.1, -0.05) is 43.2 Å². The third kappa shape index (κ3) is 3.41. The van der Waals surface area contributed by atoms with E-state index >= 15 is 0 Å². The van der Waals surface area contributed by atoms with E-state index in [1.54, 1.807) is 23.6 Å². The molecule has 1 saturated carbocycles. The summed E-state index contributed by atoms with van der Waals surface area (Å²) >= 11 is 1.62. The van der Waals surface area contributed by atoms with E-state index in [4.69, 9.17) is 4.74 Å². The van der Waals surface area contributed by atoms with Gasteiger partial charge in [0.2, 0.25) is 5.91 Å². The first-order valence-electron chi connectivity index (χ1n) is 10.0. The van der Waals surface area contributed by atoms with Crippen LogP contribution in [0.2, 0.25) is 0 Å². The normalized spacial score (nSPS) is 28.2. The first-order valence-corrected chi connectivity index (χ1v) is 11.0. The predicted octanol–water partition coefficient (Wildman–Crippen LogP) is 2.57. The molecule has 1 N–H and O–H groups in total. The quantitative estimate of drug-likeness (QED) is 0.766. The number of carbonyl (C=O) groups is 3. The maximum atomic E-state index is 12.8. The van der Waals surface area contributed by atoms with Crippen LogP contribution in [0.4, 0.5) is 0 Å². The second-order valence-corrected chi connectivity index (χ2v) is 9.11. The Morgan fingerprint density at radius 3 is 2.68 bits per heavy atom. The van der Waals surface area contributed by atoms with Crippen molar-refractivity contribution in [3.63, 3.8) is 0 Å². The van der Waals surface area contributed by atoms with E-state index in [0.29, 0.717) is 18.6 Å². The Morgan fingerprint density at radius 1 is 1.25 bits per heavy atom. The molecule has 6 nitrogen and oxygen atoms in total. The fraction of sp³-hybridized carbons (Fsp3) is 0.571. The van der Waals surface area contributed by atoms with Crippen molar-refractivity contribution in [2.45, 2.75) is 68.5 Å². The molecule has 3 atom stereocenters. The number of nitrogens with one attached hydrogen (secondary N) is 1. The van der Waals surface area contributed by atoms with Gasteiger partial charge in [0.15, 0.2) is 6.10 Å². The lowest BCUT2D eigenvalue weighted by atomic mass is 10.0. The molecule has 2 amide bonds. The third-order valence-electron chi connectivity index (χ3n) is 5.99. The molecule has 2 aliphatic heterocycles. The SMILES string of the molecule is C[C@H](OC(=O)[C@@H]1CS[C@@]2(c3ccccc3)CCC(=O)N12)C(=O)NC1CCCC1. The van der Waals surface area contributed by atoms with Crippen LogP contribution in [0.15, 0.2) is 30.3 Å². The van der Waals surface area contributed by atoms with Crippen LogP contribution in [0.1, 0.15) is 51.0 Å². The van der Waals surface area contributed by atoms with Gasteiger partial charge in [-0.25, -0.2) is 4.79 Å². The molecule has 0 aromatic heterocycles. The average Bonchev–Trinajstić information content (AvgIpc) is 3.41. The smallest absolute Gasteiger partial charge is 0.330 e. The zero-order valence-electron chi connectivity index (χ0n) is 16.1. The first kappa shape index (κ1) is 19.3. The lowest BCUT2D eigenvalue weighted by Gasteiger charge is -2.34. The number of thioether (sulfide) groups is 1. The molecule has 0 radical (unpaired) electrons. The zero-order chi connectivity index (χ0) is 19.7. The lowest BCUT2D eigenvalue weighted by molar-refractivity contribution is -0.161. The molecule has 7 heteroatoms. The van der Waals surface area contributed by atoms with Crippen molar-refractivity contribution in [1.82, 2.24) is 10.2 Å². The van der Waals surface area contributed by atoms with Gasteiger partial charge in [-0.05, 0) is 31.7 Å². The Balaban J connectivity index is 1.44. The molecule has 1 aromatic carbocycles. The van der Waals surface area contributed by atoms with Gasteiger partial charge in [-0.2, -0.15) is 0 Å². The van der Waals surface area contributed by atoms with Crippen LogP contribution in [0.3, 0.4) is 0 Å². The summed E-state index contributed by atoms with van der Waals surface area (Å²) in [6.45, 7) is 1.60. The lowest BCUT2D eigenvalue weighted by Crippen LogP contribution is -2.48. The van der Waals surface area contributed by atoms with E-state index in [0.717, 1.165) is 31.2 Å². The van der Waals surface area contributed by atoms with Crippen molar-refractivity contribution >= 4 is 29.5 Å². The summed E-state index contributed by atoms with van der Waals surface area (Å²) in [5, 5.41) is 2.96. The summed E-state index contributed by atoms with van der Waals surface area (Å²) in [5.74, 6) is -0.294. The second-order valence-electron chi connectivity index (χ2n) is 7.81. The van der Waals surface area contributed by atoms with E-state index in [1.165, 1.54) is 0 Å². The van der Waals surface area contributed by atoms with E-state index in [1.807, 2.05) is 30.3 Å². The van der Waals surface area contributed by atoms with Gasteiger partial charge in [-0.3, -0.25) is 9.59 Å². The summed E-state index contributed by atoms with van der Waals surface area (Å²) in [4.78, 5) is 39.0. The average molecular weight is 403 g/mol. The second kappa shape index (κ2) is 7.78. The highest BCUT2D eigenvalue weighted by molar-refractivity contribution is 8.00. The van der Waals surface area contributed by atoms with Gasteiger partial charge >= 0.3 is 5.97 Å². The van der Waals surface area contributed by atoms with Crippen LogP contribution in [0, 0.1) is 0 Å². The Hall–Kier alpha value is -2.02. The molecule has 0 spiro atoms. The number of rotatable bonds is 5. The maximum Gasteiger partial charge on any atom is 0.330 e. The summed E-state index contributed by atoms with van der Waals surface area (Å²) in [5.41, 5.74) is 1.04. The van der Waals surface area contributed by atoms with E-state index in [9.17, 15) is 14.4 Å². The number of hydrogen-bond acceptors (Lipinski definition) is 5. The third-order valence-corrected chi connectivity index (χ3v) is 7.58. The molecule has 28 heavy (non-hydrogen) atoms. The Morgan fingerprint density at radius 2 is 1.96 bits per heavy atom. The number of esters is 1. The van der Waals surface area contributed by atoms with Crippen molar-refractivity contribution in [2.24, 2.45) is 0 Å². The Kier molecular flexibility index (Phi) is 5.36. The number of nitrogens with zero attached hydrogens (tertiary/aromatic N) is 1. The number of ether oxygens (including phenoxy) is 1. The minimum absolute atomic E-state index is 0.0288. The maximum absolute atomic E-state index is 12.8.